The van der Waals surface area contributed by atoms with Gasteiger partial charge < -0.3 is 5.11 Å². The van der Waals surface area contributed by atoms with E-state index in [2.05, 4.69) is 15.9 Å². The molecular weight excluding hydrogens is 361 g/mol. The Balaban J connectivity index is 2.46. The molecule has 100 valence electrons. The van der Waals surface area contributed by atoms with Crippen molar-refractivity contribution in [2.45, 2.75) is 6.10 Å². The molecule has 2 aromatic carbocycles. The first-order chi connectivity index (χ1) is 8.90. The van der Waals surface area contributed by atoms with Crippen molar-refractivity contribution < 1.29 is 13.9 Å². The zero-order chi connectivity index (χ0) is 14.2. The lowest BCUT2D eigenvalue weighted by Gasteiger charge is -2.14. The van der Waals surface area contributed by atoms with Crippen molar-refractivity contribution >= 4 is 39.1 Å². The summed E-state index contributed by atoms with van der Waals surface area (Å²) in [5.41, 5.74) is 0.277. The number of aliphatic hydroxyl groups is 1. The highest BCUT2D eigenvalue weighted by molar-refractivity contribution is 9.10. The molecule has 0 bridgehead atoms. The Hall–Kier alpha value is -0.680. The molecule has 0 aliphatic heterocycles. The summed E-state index contributed by atoms with van der Waals surface area (Å²) in [7, 11) is 0. The molecular formula is C13H7BrCl2F2O. The molecule has 1 unspecified atom stereocenters. The minimum atomic E-state index is -1.27. The summed E-state index contributed by atoms with van der Waals surface area (Å²) in [4.78, 5) is 0. The third-order valence-corrected chi connectivity index (χ3v) is 4.08. The summed E-state index contributed by atoms with van der Waals surface area (Å²) >= 11 is 14.6. The fourth-order valence-corrected chi connectivity index (χ4v) is 2.29. The highest BCUT2D eigenvalue weighted by atomic mass is 79.9. The van der Waals surface area contributed by atoms with Crippen LogP contribution in [0.3, 0.4) is 0 Å². The van der Waals surface area contributed by atoms with Crippen LogP contribution in [0.1, 0.15) is 17.2 Å². The highest BCUT2D eigenvalue weighted by Crippen LogP contribution is 2.32. The van der Waals surface area contributed by atoms with Gasteiger partial charge in [-0.1, -0.05) is 29.3 Å². The van der Waals surface area contributed by atoms with E-state index in [1.54, 1.807) is 0 Å². The normalized spacial score (nSPS) is 12.5. The van der Waals surface area contributed by atoms with E-state index in [1.165, 1.54) is 18.2 Å². The molecule has 0 aliphatic rings. The monoisotopic (exact) mass is 366 g/mol. The van der Waals surface area contributed by atoms with Crippen LogP contribution < -0.4 is 0 Å². The van der Waals surface area contributed by atoms with E-state index < -0.39 is 17.7 Å². The van der Waals surface area contributed by atoms with Crippen molar-refractivity contribution in [2.24, 2.45) is 0 Å². The van der Waals surface area contributed by atoms with E-state index in [4.69, 9.17) is 23.2 Å². The Kier molecular flexibility index (Phi) is 4.46. The largest absolute Gasteiger partial charge is 0.384 e. The van der Waals surface area contributed by atoms with Crippen LogP contribution in [0.15, 0.2) is 34.8 Å². The van der Waals surface area contributed by atoms with Gasteiger partial charge in [0.15, 0.2) is 0 Å². The van der Waals surface area contributed by atoms with Gasteiger partial charge in [0.2, 0.25) is 0 Å². The Labute approximate surface area is 126 Å². The lowest BCUT2D eigenvalue weighted by Crippen LogP contribution is -2.03. The average Bonchev–Trinajstić information content (AvgIpc) is 2.36. The maximum atomic E-state index is 13.8. The molecule has 1 N–H and O–H groups in total. The predicted octanol–water partition coefficient (Wildman–Crippen LogP) is 5.12. The summed E-state index contributed by atoms with van der Waals surface area (Å²) in [5.74, 6) is -1.23. The minimum absolute atomic E-state index is 0.00382. The van der Waals surface area contributed by atoms with E-state index in [0.717, 1.165) is 12.1 Å². The zero-order valence-electron chi connectivity index (χ0n) is 9.30. The fraction of sp³-hybridized carbons (Fsp3) is 0.0769. The molecule has 19 heavy (non-hydrogen) atoms. The summed E-state index contributed by atoms with van der Waals surface area (Å²) in [6.07, 6.45) is -1.27. The van der Waals surface area contributed by atoms with Crippen molar-refractivity contribution in [2.75, 3.05) is 0 Å². The zero-order valence-corrected chi connectivity index (χ0v) is 12.4. The van der Waals surface area contributed by atoms with Crippen molar-refractivity contribution in [1.29, 1.82) is 0 Å². The summed E-state index contributed by atoms with van der Waals surface area (Å²) in [6, 6.07) is 6.16. The van der Waals surface area contributed by atoms with Gasteiger partial charge in [-0.25, -0.2) is 8.78 Å². The second kappa shape index (κ2) is 5.75. The smallest absolute Gasteiger partial charge is 0.141 e. The standard InChI is InChI=1S/C13H7BrCl2F2O/c14-8-5-12(18)7(4-9(8)15)13(19)6-1-2-11(17)10(16)3-6/h1-5,13,19H. The lowest BCUT2D eigenvalue weighted by atomic mass is 10.0. The second-order valence-corrected chi connectivity index (χ2v) is 5.53. The highest BCUT2D eigenvalue weighted by Gasteiger charge is 2.18. The minimum Gasteiger partial charge on any atom is -0.384 e. The number of halogens is 5. The van der Waals surface area contributed by atoms with Crippen molar-refractivity contribution in [3.05, 3.63) is 67.6 Å². The van der Waals surface area contributed by atoms with Gasteiger partial charge in [-0.2, -0.15) is 0 Å². The topological polar surface area (TPSA) is 20.2 Å². The first-order valence-electron chi connectivity index (χ1n) is 5.17. The van der Waals surface area contributed by atoms with Crippen LogP contribution in [0.25, 0.3) is 0 Å². The van der Waals surface area contributed by atoms with Crippen LogP contribution in [-0.4, -0.2) is 5.11 Å². The van der Waals surface area contributed by atoms with Gasteiger partial charge in [0.05, 0.1) is 10.0 Å². The number of rotatable bonds is 2. The van der Waals surface area contributed by atoms with Crippen LogP contribution in [0, 0.1) is 11.6 Å². The molecule has 0 heterocycles. The molecule has 2 rings (SSSR count). The van der Waals surface area contributed by atoms with Crippen molar-refractivity contribution in [1.82, 2.24) is 0 Å². The Morgan fingerprint density at radius 1 is 1.00 bits per heavy atom. The first kappa shape index (κ1) is 14.7. The number of hydrogen-bond donors (Lipinski definition) is 1. The molecule has 0 aliphatic carbocycles. The lowest BCUT2D eigenvalue weighted by molar-refractivity contribution is 0.215. The van der Waals surface area contributed by atoms with Gasteiger partial charge in [0.1, 0.15) is 17.7 Å². The third-order valence-electron chi connectivity index (χ3n) is 2.59. The molecule has 0 saturated carbocycles. The maximum absolute atomic E-state index is 13.8. The summed E-state index contributed by atoms with van der Waals surface area (Å²) < 4.78 is 27.2. The molecule has 0 aromatic heterocycles. The number of aliphatic hydroxyl groups excluding tert-OH is 1. The van der Waals surface area contributed by atoms with Gasteiger partial charge in [-0.3, -0.25) is 0 Å². The maximum Gasteiger partial charge on any atom is 0.141 e. The number of benzene rings is 2. The van der Waals surface area contributed by atoms with Gasteiger partial charge in [0.25, 0.3) is 0 Å². The SMILES string of the molecule is OC(c1ccc(F)c(Cl)c1)c1cc(Cl)c(Br)cc1F. The molecule has 2 aromatic rings. The van der Waals surface area contributed by atoms with Crippen LogP contribution >= 0.6 is 39.1 Å². The first-order valence-corrected chi connectivity index (χ1v) is 6.72. The van der Waals surface area contributed by atoms with E-state index in [-0.39, 0.29) is 21.2 Å². The molecule has 1 atom stereocenters. The molecule has 1 nitrogen and oxygen atoms in total. The predicted molar refractivity (Wildman–Crippen MR) is 74.6 cm³/mol. The van der Waals surface area contributed by atoms with Crippen LogP contribution in [0.5, 0.6) is 0 Å². The fourth-order valence-electron chi connectivity index (χ4n) is 1.61. The van der Waals surface area contributed by atoms with Gasteiger partial charge in [-0.15, -0.1) is 0 Å². The Bertz CT molecular complexity index is 634. The average molecular weight is 368 g/mol. The quantitative estimate of drug-likeness (QED) is 0.730. The molecule has 0 saturated heterocycles. The van der Waals surface area contributed by atoms with Crippen LogP contribution in [-0.2, 0) is 0 Å². The summed E-state index contributed by atoms with van der Waals surface area (Å²) in [5, 5.41) is 10.2. The van der Waals surface area contributed by atoms with Crippen molar-refractivity contribution in [3.8, 4) is 0 Å². The summed E-state index contributed by atoms with van der Waals surface area (Å²) in [6.45, 7) is 0. The number of hydrogen-bond acceptors (Lipinski definition) is 1. The van der Waals surface area contributed by atoms with E-state index in [1.807, 2.05) is 0 Å². The van der Waals surface area contributed by atoms with Crippen LogP contribution in [0.4, 0.5) is 8.78 Å². The van der Waals surface area contributed by atoms with Gasteiger partial charge >= 0.3 is 0 Å². The van der Waals surface area contributed by atoms with Crippen molar-refractivity contribution in [3.63, 3.8) is 0 Å². The molecule has 6 heteroatoms. The second-order valence-electron chi connectivity index (χ2n) is 3.86. The van der Waals surface area contributed by atoms with Gasteiger partial charge in [0, 0.05) is 10.0 Å². The Morgan fingerprint density at radius 3 is 2.32 bits per heavy atom. The van der Waals surface area contributed by atoms with Crippen LogP contribution in [0.2, 0.25) is 10.0 Å². The molecule has 0 radical (unpaired) electrons. The van der Waals surface area contributed by atoms with Gasteiger partial charge in [-0.05, 0) is 45.8 Å². The Morgan fingerprint density at radius 2 is 1.68 bits per heavy atom. The molecule has 0 fully saturated rings. The molecule has 0 spiro atoms. The third kappa shape index (κ3) is 3.08. The van der Waals surface area contributed by atoms with E-state index >= 15 is 0 Å². The molecule has 0 amide bonds. The van der Waals surface area contributed by atoms with E-state index in [0.29, 0.717) is 4.47 Å². The van der Waals surface area contributed by atoms with E-state index in [9.17, 15) is 13.9 Å².